The number of fused-ring (bicyclic) bond motifs is 1. The molecule has 0 aliphatic heterocycles. The van der Waals surface area contributed by atoms with E-state index in [1.165, 1.54) is 5.56 Å². The lowest BCUT2D eigenvalue weighted by atomic mass is 10.2. The molecule has 3 nitrogen and oxygen atoms in total. The summed E-state index contributed by atoms with van der Waals surface area (Å²) in [5, 5.41) is 0. The Balaban J connectivity index is 0.000000461. The number of rotatable bonds is 0. The topological polar surface area (TPSA) is 30.7 Å². The molecule has 0 saturated carbocycles. The molecular formula is C11H17N3. The molecule has 2 rings (SSSR count). The molecule has 0 aliphatic carbocycles. The molecule has 0 N–H and O–H groups in total. The number of imidazole rings is 1. The van der Waals surface area contributed by atoms with Crippen LogP contribution >= 0.6 is 0 Å². The van der Waals surface area contributed by atoms with Crippen LogP contribution in [-0.4, -0.2) is 14.5 Å². The molecule has 14 heavy (non-hydrogen) atoms. The van der Waals surface area contributed by atoms with E-state index >= 15 is 0 Å². The van der Waals surface area contributed by atoms with Crippen LogP contribution in [0.4, 0.5) is 0 Å². The molecule has 2 aromatic heterocycles. The normalized spacial score (nSPS) is 9.79. The lowest BCUT2D eigenvalue weighted by Gasteiger charge is -1.98. The Morgan fingerprint density at radius 2 is 1.86 bits per heavy atom. The summed E-state index contributed by atoms with van der Waals surface area (Å²) in [5.41, 5.74) is 4.20. The van der Waals surface area contributed by atoms with Crippen LogP contribution < -0.4 is 0 Å². The van der Waals surface area contributed by atoms with Crippen LogP contribution in [0.5, 0.6) is 0 Å². The molecule has 0 unspecified atom stereocenters. The average Bonchev–Trinajstić information content (AvgIpc) is 2.53. The lowest BCUT2D eigenvalue weighted by Crippen LogP contribution is -1.91. The van der Waals surface area contributed by atoms with E-state index in [9.17, 15) is 0 Å². The van der Waals surface area contributed by atoms with Gasteiger partial charge in [-0.05, 0) is 25.5 Å². The van der Waals surface area contributed by atoms with Crippen molar-refractivity contribution in [2.45, 2.75) is 27.7 Å². The van der Waals surface area contributed by atoms with Crippen LogP contribution in [0, 0.1) is 13.8 Å². The van der Waals surface area contributed by atoms with Crippen LogP contribution in [0.2, 0.25) is 0 Å². The zero-order valence-electron chi connectivity index (χ0n) is 9.50. The Labute approximate surface area is 84.8 Å². The van der Waals surface area contributed by atoms with Gasteiger partial charge in [0.15, 0.2) is 5.65 Å². The minimum Gasteiger partial charge on any atom is -0.318 e. The van der Waals surface area contributed by atoms with Gasteiger partial charge in [-0.25, -0.2) is 9.97 Å². The molecule has 76 valence electrons. The van der Waals surface area contributed by atoms with Crippen molar-refractivity contribution in [2.75, 3.05) is 0 Å². The van der Waals surface area contributed by atoms with Gasteiger partial charge in [0.2, 0.25) is 0 Å². The monoisotopic (exact) mass is 191 g/mol. The molecule has 0 radical (unpaired) electrons. The highest BCUT2D eigenvalue weighted by Crippen LogP contribution is 2.12. The van der Waals surface area contributed by atoms with Crippen molar-refractivity contribution in [3.63, 3.8) is 0 Å². The van der Waals surface area contributed by atoms with Gasteiger partial charge in [-0.2, -0.15) is 0 Å². The van der Waals surface area contributed by atoms with E-state index in [0.29, 0.717) is 0 Å². The zero-order chi connectivity index (χ0) is 10.7. The van der Waals surface area contributed by atoms with Gasteiger partial charge < -0.3 is 4.57 Å². The molecule has 0 bridgehead atoms. The second kappa shape index (κ2) is 4.22. The minimum atomic E-state index is 0.957. The molecule has 0 atom stereocenters. The van der Waals surface area contributed by atoms with Crippen molar-refractivity contribution < 1.29 is 0 Å². The zero-order valence-corrected chi connectivity index (χ0v) is 9.50. The van der Waals surface area contributed by atoms with Gasteiger partial charge in [0.1, 0.15) is 5.52 Å². The predicted octanol–water partition coefficient (Wildman–Crippen LogP) is 2.61. The lowest BCUT2D eigenvalue weighted by molar-refractivity contribution is 0.925. The molecule has 2 aromatic rings. The summed E-state index contributed by atoms with van der Waals surface area (Å²) in [4.78, 5) is 8.66. The van der Waals surface area contributed by atoms with Crippen molar-refractivity contribution in [3.05, 3.63) is 23.7 Å². The molecular weight excluding hydrogens is 174 g/mol. The Morgan fingerprint density at radius 3 is 2.50 bits per heavy atom. The summed E-state index contributed by atoms with van der Waals surface area (Å²) < 4.78 is 1.93. The van der Waals surface area contributed by atoms with Crippen LogP contribution in [0.1, 0.15) is 25.1 Å². The van der Waals surface area contributed by atoms with Crippen LogP contribution in [0.15, 0.2) is 12.4 Å². The predicted molar refractivity (Wildman–Crippen MR) is 59.3 cm³/mol. The maximum atomic E-state index is 4.44. The number of pyridine rings is 1. The first kappa shape index (κ1) is 10.7. The SMILES string of the molecule is CC.Cc1cc2ncn(C)c2nc1C. The van der Waals surface area contributed by atoms with Crippen LogP contribution in [0.3, 0.4) is 0 Å². The number of hydrogen-bond acceptors (Lipinski definition) is 2. The first-order valence-corrected chi connectivity index (χ1v) is 4.94. The molecule has 0 amide bonds. The average molecular weight is 191 g/mol. The second-order valence-corrected chi connectivity index (χ2v) is 3.09. The Bertz CT molecular complexity index is 429. The minimum absolute atomic E-state index is 0.957. The van der Waals surface area contributed by atoms with Gasteiger partial charge in [-0.1, -0.05) is 13.8 Å². The standard InChI is InChI=1S/C9H11N3.C2H6/c1-6-4-8-9(11-7(6)2)12(3)5-10-8;1-2/h4-5H,1-3H3;1-2H3. The fourth-order valence-corrected chi connectivity index (χ4v) is 1.24. The van der Waals surface area contributed by atoms with E-state index in [1.54, 1.807) is 6.33 Å². The first-order chi connectivity index (χ1) is 6.68. The van der Waals surface area contributed by atoms with E-state index in [4.69, 9.17) is 0 Å². The van der Waals surface area contributed by atoms with E-state index in [2.05, 4.69) is 23.0 Å². The number of aryl methyl sites for hydroxylation is 3. The fraction of sp³-hybridized carbons (Fsp3) is 0.455. The molecule has 2 heterocycles. The summed E-state index contributed by atoms with van der Waals surface area (Å²) in [6.45, 7) is 8.07. The summed E-state index contributed by atoms with van der Waals surface area (Å²) >= 11 is 0. The quantitative estimate of drug-likeness (QED) is 0.641. The van der Waals surface area contributed by atoms with Crippen LogP contribution in [-0.2, 0) is 7.05 Å². The highest BCUT2D eigenvalue weighted by molar-refractivity contribution is 5.71. The highest BCUT2D eigenvalue weighted by atomic mass is 15.1. The Kier molecular flexibility index (Phi) is 3.23. The summed E-state index contributed by atoms with van der Waals surface area (Å²) in [6.07, 6.45) is 1.79. The molecule has 0 spiro atoms. The van der Waals surface area contributed by atoms with Crippen molar-refractivity contribution in [1.29, 1.82) is 0 Å². The summed E-state index contributed by atoms with van der Waals surface area (Å²) in [6, 6.07) is 2.07. The number of hydrogen-bond donors (Lipinski definition) is 0. The van der Waals surface area contributed by atoms with Gasteiger partial charge in [0.25, 0.3) is 0 Å². The number of aromatic nitrogens is 3. The molecule has 0 saturated heterocycles. The van der Waals surface area contributed by atoms with Crippen molar-refractivity contribution in [2.24, 2.45) is 7.05 Å². The van der Waals surface area contributed by atoms with E-state index in [-0.39, 0.29) is 0 Å². The van der Waals surface area contributed by atoms with Gasteiger partial charge >= 0.3 is 0 Å². The third-order valence-corrected chi connectivity index (χ3v) is 2.13. The molecule has 0 fully saturated rings. The van der Waals surface area contributed by atoms with E-state index in [1.807, 2.05) is 32.4 Å². The van der Waals surface area contributed by atoms with Gasteiger partial charge in [-0.3, -0.25) is 0 Å². The van der Waals surface area contributed by atoms with E-state index < -0.39 is 0 Å². The van der Waals surface area contributed by atoms with Crippen LogP contribution in [0.25, 0.3) is 11.2 Å². The Morgan fingerprint density at radius 1 is 1.21 bits per heavy atom. The third-order valence-electron chi connectivity index (χ3n) is 2.13. The Hall–Kier alpha value is -1.38. The van der Waals surface area contributed by atoms with Gasteiger partial charge in [-0.15, -0.1) is 0 Å². The second-order valence-electron chi connectivity index (χ2n) is 3.09. The summed E-state index contributed by atoms with van der Waals surface area (Å²) in [5.74, 6) is 0. The van der Waals surface area contributed by atoms with Gasteiger partial charge in [0, 0.05) is 12.7 Å². The maximum absolute atomic E-state index is 4.44. The molecule has 3 heteroatoms. The highest BCUT2D eigenvalue weighted by Gasteiger charge is 2.02. The van der Waals surface area contributed by atoms with Crippen molar-refractivity contribution >= 4 is 11.2 Å². The van der Waals surface area contributed by atoms with Crippen molar-refractivity contribution in [1.82, 2.24) is 14.5 Å². The van der Waals surface area contributed by atoms with Crippen molar-refractivity contribution in [3.8, 4) is 0 Å². The molecule has 0 aromatic carbocycles. The number of nitrogens with zero attached hydrogens (tertiary/aromatic N) is 3. The summed E-state index contributed by atoms with van der Waals surface area (Å²) in [7, 11) is 1.96. The largest absolute Gasteiger partial charge is 0.318 e. The smallest absolute Gasteiger partial charge is 0.159 e. The van der Waals surface area contributed by atoms with Gasteiger partial charge in [0.05, 0.1) is 6.33 Å². The maximum Gasteiger partial charge on any atom is 0.159 e. The third kappa shape index (κ3) is 1.76. The fourth-order valence-electron chi connectivity index (χ4n) is 1.24. The van der Waals surface area contributed by atoms with E-state index in [0.717, 1.165) is 16.9 Å². The molecule has 0 aliphatic rings. The first-order valence-electron chi connectivity index (χ1n) is 4.94.